The third-order valence-electron chi connectivity index (χ3n) is 3.63. The second-order valence-corrected chi connectivity index (χ2v) is 5.92. The zero-order chi connectivity index (χ0) is 18.2. The van der Waals surface area contributed by atoms with Gasteiger partial charge < -0.3 is 10.2 Å². The standard InChI is InChI=1S/C19H18ClN3O2/c1-14(24)23(18-4-2-3-16(11-18)12-21)10-9-19(25)22-13-15-5-7-17(20)8-6-15/h2-8,11H,9-10,13H2,1H3,(H,22,25). The van der Waals surface area contributed by atoms with Crippen molar-refractivity contribution >= 4 is 29.1 Å². The highest BCUT2D eigenvalue weighted by Crippen LogP contribution is 2.16. The van der Waals surface area contributed by atoms with Gasteiger partial charge in [0.1, 0.15) is 0 Å². The lowest BCUT2D eigenvalue weighted by atomic mass is 10.2. The molecule has 0 aromatic heterocycles. The zero-order valence-corrected chi connectivity index (χ0v) is 14.6. The Balaban J connectivity index is 1.92. The minimum atomic E-state index is -0.180. The van der Waals surface area contributed by atoms with E-state index >= 15 is 0 Å². The van der Waals surface area contributed by atoms with Crippen LogP contribution in [0.4, 0.5) is 5.69 Å². The molecular formula is C19H18ClN3O2. The van der Waals surface area contributed by atoms with Crippen LogP contribution < -0.4 is 10.2 Å². The summed E-state index contributed by atoms with van der Waals surface area (Å²) in [4.78, 5) is 25.4. The molecule has 5 nitrogen and oxygen atoms in total. The summed E-state index contributed by atoms with van der Waals surface area (Å²) in [5.74, 6) is -0.335. The highest BCUT2D eigenvalue weighted by molar-refractivity contribution is 6.30. The van der Waals surface area contributed by atoms with Gasteiger partial charge in [0, 0.05) is 37.1 Å². The fourth-order valence-corrected chi connectivity index (χ4v) is 2.44. The number of carbonyl (C=O) groups excluding carboxylic acids is 2. The van der Waals surface area contributed by atoms with Gasteiger partial charge >= 0.3 is 0 Å². The Morgan fingerprint density at radius 2 is 1.92 bits per heavy atom. The van der Waals surface area contributed by atoms with Gasteiger partial charge in [0.15, 0.2) is 0 Å². The van der Waals surface area contributed by atoms with Gasteiger partial charge in [-0.05, 0) is 35.9 Å². The van der Waals surface area contributed by atoms with Gasteiger partial charge in [-0.3, -0.25) is 9.59 Å². The van der Waals surface area contributed by atoms with Crippen molar-refractivity contribution in [3.05, 3.63) is 64.7 Å². The first-order valence-electron chi connectivity index (χ1n) is 7.79. The summed E-state index contributed by atoms with van der Waals surface area (Å²) in [6.07, 6.45) is 0.171. The van der Waals surface area contributed by atoms with Gasteiger partial charge in [0.05, 0.1) is 11.6 Å². The molecule has 0 spiro atoms. The largest absolute Gasteiger partial charge is 0.352 e. The second kappa shape index (κ2) is 8.86. The molecule has 0 radical (unpaired) electrons. The van der Waals surface area contributed by atoms with Crippen LogP contribution in [-0.2, 0) is 16.1 Å². The molecule has 0 aliphatic carbocycles. The molecule has 2 aromatic carbocycles. The van der Waals surface area contributed by atoms with Crippen LogP contribution in [0, 0.1) is 11.3 Å². The topological polar surface area (TPSA) is 73.2 Å². The van der Waals surface area contributed by atoms with Crippen molar-refractivity contribution in [3.63, 3.8) is 0 Å². The van der Waals surface area contributed by atoms with E-state index in [1.807, 2.05) is 18.2 Å². The van der Waals surface area contributed by atoms with Crippen LogP contribution in [0.15, 0.2) is 48.5 Å². The van der Waals surface area contributed by atoms with Crippen molar-refractivity contribution in [2.45, 2.75) is 19.9 Å². The average Bonchev–Trinajstić information content (AvgIpc) is 2.61. The monoisotopic (exact) mass is 355 g/mol. The first-order valence-corrected chi connectivity index (χ1v) is 8.17. The molecule has 0 saturated carbocycles. The smallest absolute Gasteiger partial charge is 0.223 e. The zero-order valence-electron chi connectivity index (χ0n) is 13.8. The lowest BCUT2D eigenvalue weighted by molar-refractivity contribution is -0.121. The molecule has 0 aliphatic rings. The predicted molar refractivity (Wildman–Crippen MR) is 97.1 cm³/mol. The fraction of sp³-hybridized carbons (Fsp3) is 0.211. The summed E-state index contributed by atoms with van der Waals surface area (Å²) in [5.41, 5.74) is 2.02. The number of rotatable bonds is 6. The molecule has 0 saturated heterocycles. The molecule has 1 N–H and O–H groups in total. The maximum atomic E-state index is 12.0. The molecular weight excluding hydrogens is 338 g/mol. The van der Waals surface area contributed by atoms with Crippen molar-refractivity contribution in [3.8, 4) is 6.07 Å². The third kappa shape index (κ3) is 5.63. The number of halogens is 1. The van der Waals surface area contributed by atoms with E-state index < -0.39 is 0 Å². The molecule has 25 heavy (non-hydrogen) atoms. The van der Waals surface area contributed by atoms with Crippen LogP contribution in [0.2, 0.25) is 5.02 Å². The Kier molecular flexibility index (Phi) is 6.55. The molecule has 6 heteroatoms. The number of hydrogen-bond donors (Lipinski definition) is 1. The quantitative estimate of drug-likeness (QED) is 0.864. The first kappa shape index (κ1) is 18.5. The maximum absolute atomic E-state index is 12.0. The van der Waals surface area contributed by atoms with E-state index in [-0.39, 0.29) is 24.8 Å². The SMILES string of the molecule is CC(=O)N(CCC(=O)NCc1ccc(Cl)cc1)c1cccc(C#N)c1. The summed E-state index contributed by atoms with van der Waals surface area (Å²) in [7, 11) is 0. The highest BCUT2D eigenvalue weighted by Gasteiger charge is 2.14. The Labute approximate surface area is 151 Å². The Bertz CT molecular complexity index is 797. The van der Waals surface area contributed by atoms with Crippen LogP contribution in [0.1, 0.15) is 24.5 Å². The lowest BCUT2D eigenvalue weighted by Crippen LogP contribution is -2.33. The molecule has 2 aromatic rings. The van der Waals surface area contributed by atoms with Crippen molar-refractivity contribution in [2.24, 2.45) is 0 Å². The van der Waals surface area contributed by atoms with Crippen LogP contribution >= 0.6 is 11.6 Å². The summed E-state index contributed by atoms with van der Waals surface area (Å²) in [6, 6.07) is 16.0. The second-order valence-electron chi connectivity index (χ2n) is 5.49. The minimum Gasteiger partial charge on any atom is -0.352 e. The average molecular weight is 356 g/mol. The number of amides is 2. The summed E-state index contributed by atoms with van der Waals surface area (Å²) >= 11 is 5.82. The van der Waals surface area contributed by atoms with E-state index in [0.717, 1.165) is 5.56 Å². The molecule has 0 heterocycles. The number of nitrogens with zero attached hydrogens (tertiary/aromatic N) is 2. The van der Waals surface area contributed by atoms with E-state index in [1.165, 1.54) is 11.8 Å². The van der Waals surface area contributed by atoms with E-state index in [1.54, 1.807) is 36.4 Å². The molecule has 0 bridgehead atoms. The first-order chi connectivity index (χ1) is 12.0. The summed E-state index contributed by atoms with van der Waals surface area (Å²) < 4.78 is 0. The van der Waals surface area contributed by atoms with Gasteiger partial charge in [-0.1, -0.05) is 29.8 Å². The minimum absolute atomic E-state index is 0.155. The van der Waals surface area contributed by atoms with Crippen LogP contribution in [-0.4, -0.2) is 18.4 Å². The normalized spacial score (nSPS) is 9.96. The molecule has 0 unspecified atom stereocenters. The van der Waals surface area contributed by atoms with E-state index in [0.29, 0.717) is 22.8 Å². The van der Waals surface area contributed by atoms with Crippen LogP contribution in [0.3, 0.4) is 0 Å². The number of hydrogen-bond acceptors (Lipinski definition) is 3. The van der Waals surface area contributed by atoms with Gasteiger partial charge in [-0.25, -0.2) is 0 Å². The van der Waals surface area contributed by atoms with Gasteiger partial charge in [-0.15, -0.1) is 0 Å². The molecule has 2 rings (SSSR count). The van der Waals surface area contributed by atoms with Crippen molar-refractivity contribution in [2.75, 3.05) is 11.4 Å². The van der Waals surface area contributed by atoms with E-state index in [2.05, 4.69) is 5.32 Å². The number of anilines is 1. The maximum Gasteiger partial charge on any atom is 0.223 e. The van der Waals surface area contributed by atoms with Crippen LogP contribution in [0.5, 0.6) is 0 Å². The molecule has 0 aliphatic heterocycles. The van der Waals surface area contributed by atoms with Crippen molar-refractivity contribution in [1.82, 2.24) is 5.32 Å². The Morgan fingerprint density at radius 3 is 2.56 bits per heavy atom. The van der Waals surface area contributed by atoms with Gasteiger partial charge in [-0.2, -0.15) is 5.26 Å². The molecule has 0 atom stereocenters. The van der Waals surface area contributed by atoms with Crippen molar-refractivity contribution < 1.29 is 9.59 Å². The lowest BCUT2D eigenvalue weighted by Gasteiger charge is -2.21. The number of carbonyl (C=O) groups is 2. The van der Waals surface area contributed by atoms with Crippen molar-refractivity contribution in [1.29, 1.82) is 5.26 Å². The van der Waals surface area contributed by atoms with E-state index in [4.69, 9.17) is 16.9 Å². The third-order valence-corrected chi connectivity index (χ3v) is 3.88. The number of benzene rings is 2. The fourth-order valence-electron chi connectivity index (χ4n) is 2.32. The summed E-state index contributed by atoms with van der Waals surface area (Å²) in [6.45, 7) is 2.08. The molecule has 0 fully saturated rings. The highest BCUT2D eigenvalue weighted by atomic mass is 35.5. The number of nitrogens with one attached hydrogen (secondary N) is 1. The summed E-state index contributed by atoms with van der Waals surface area (Å²) in [5, 5.41) is 12.4. The van der Waals surface area contributed by atoms with E-state index in [9.17, 15) is 9.59 Å². The Hall–Kier alpha value is -2.84. The van der Waals surface area contributed by atoms with Gasteiger partial charge in [0.2, 0.25) is 11.8 Å². The molecule has 2 amide bonds. The number of nitriles is 1. The van der Waals surface area contributed by atoms with Gasteiger partial charge in [0.25, 0.3) is 0 Å². The van der Waals surface area contributed by atoms with Crippen LogP contribution in [0.25, 0.3) is 0 Å². The molecule has 128 valence electrons. The Morgan fingerprint density at radius 1 is 1.20 bits per heavy atom. The predicted octanol–water partition coefficient (Wildman–Crippen LogP) is 3.27.